The number of amides is 1. The normalized spacial score (nSPS) is 21.8. The zero-order valence-corrected chi connectivity index (χ0v) is 11.7. The molecule has 4 nitrogen and oxygen atoms in total. The molecular formula is C15H22N2O2. The van der Waals surface area contributed by atoms with Gasteiger partial charge in [0.25, 0.3) is 0 Å². The number of hydrazone groups is 1. The first-order valence-corrected chi connectivity index (χ1v) is 7.10. The minimum absolute atomic E-state index is 0.0426. The van der Waals surface area contributed by atoms with Gasteiger partial charge in [0.2, 0.25) is 5.91 Å². The zero-order valence-electron chi connectivity index (χ0n) is 11.7. The van der Waals surface area contributed by atoms with E-state index in [1.54, 1.807) is 6.21 Å². The fraction of sp³-hybridized carbons (Fsp3) is 0.600. The van der Waals surface area contributed by atoms with E-state index in [1.165, 1.54) is 25.7 Å². The molecular weight excluding hydrogens is 240 g/mol. The highest BCUT2D eigenvalue weighted by atomic mass is 16.3. The van der Waals surface area contributed by atoms with Crippen molar-refractivity contribution >= 4 is 12.1 Å². The summed E-state index contributed by atoms with van der Waals surface area (Å²) in [5.41, 5.74) is 2.59. The molecule has 1 aromatic heterocycles. The third kappa shape index (κ3) is 4.23. The van der Waals surface area contributed by atoms with Gasteiger partial charge in [-0.1, -0.05) is 26.2 Å². The molecule has 1 aliphatic carbocycles. The van der Waals surface area contributed by atoms with Crippen LogP contribution in [0.5, 0.6) is 0 Å². The number of carbonyl (C=O) groups is 1. The van der Waals surface area contributed by atoms with Crippen LogP contribution in [0, 0.1) is 18.8 Å². The Kier molecular flexibility index (Phi) is 4.77. The van der Waals surface area contributed by atoms with Crippen molar-refractivity contribution in [3.63, 3.8) is 0 Å². The third-order valence-electron chi connectivity index (χ3n) is 3.57. The van der Waals surface area contributed by atoms with Gasteiger partial charge in [0.05, 0.1) is 6.21 Å². The molecule has 2 rings (SSSR count). The van der Waals surface area contributed by atoms with Gasteiger partial charge < -0.3 is 4.42 Å². The third-order valence-corrected chi connectivity index (χ3v) is 3.57. The van der Waals surface area contributed by atoms with E-state index in [0.29, 0.717) is 11.7 Å². The minimum atomic E-state index is 0.0426. The molecule has 0 bridgehead atoms. The van der Waals surface area contributed by atoms with E-state index in [4.69, 9.17) is 4.42 Å². The van der Waals surface area contributed by atoms with Crippen LogP contribution in [0.25, 0.3) is 0 Å². The average Bonchev–Trinajstić information content (AvgIpc) is 3.05. The largest absolute Gasteiger partial charge is 0.460 e. The first-order chi connectivity index (χ1) is 9.20. The van der Waals surface area contributed by atoms with Crippen LogP contribution in [-0.2, 0) is 4.79 Å². The number of nitrogens with one attached hydrogen (secondary N) is 1. The smallest absolute Gasteiger partial charge is 0.243 e. The number of hydrogen-bond donors (Lipinski definition) is 1. The Labute approximate surface area is 114 Å². The minimum Gasteiger partial charge on any atom is -0.460 e. The van der Waals surface area contributed by atoms with Gasteiger partial charge in [-0.25, -0.2) is 5.43 Å². The molecule has 1 N–H and O–H groups in total. The van der Waals surface area contributed by atoms with Crippen molar-refractivity contribution in [2.24, 2.45) is 16.9 Å². The second-order valence-electron chi connectivity index (χ2n) is 5.28. The molecule has 104 valence electrons. The molecule has 1 saturated carbocycles. The zero-order chi connectivity index (χ0) is 13.7. The Morgan fingerprint density at radius 2 is 2.37 bits per heavy atom. The highest BCUT2D eigenvalue weighted by Gasteiger charge is 2.41. The maximum Gasteiger partial charge on any atom is 0.243 e. The van der Waals surface area contributed by atoms with Crippen molar-refractivity contribution in [3.8, 4) is 0 Å². The van der Waals surface area contributed by atoms with Crippen molar-refractivity contribution in [2.45, 2.75) is 46.0 Å². The van der Waals surface area contributed by atoms with E-state index in [9.17, 15) is 4.79 Å². The molecule has 2 unspecified atom stereocenters. The highest BCUT2D eigenvalue weighted by Crippen LogP contribution is 2.42. The molecule has 19 heavy (non-hydrogen) atoms. The van der Waals surface area contributed by atoms with E-state index in [1.807, 2.05) is 19.1 Å². The Morgan fingerprint density at radius 1 is 1.53 bits per heavy atom. The van der Waals surface area contributed by atoms with Crippen LogP contribution in [0.4, 0.5) is 0 Å². The lowest BCUT2D eigenvalue weighted by molar-refractivity contribution is -0.122. The summed E-state index contributed by atoms with van der Waals surface area (Å²) in [4.78, 5) is 11.8. The van der Waals surface area contributed by atoms with E-state index in [2.05, 4.69) is 17.5 Å². The topological polar surface area (TPSA) is 54.6 Å². The number of nitrogens with zero attached hydrogens (tertiary/aromatic N) is 1. The lowest BCUT2D eigenvalue weighted by atomic mass is 10.1. The molecule has 1 aromatic rings. The Bertz CT molecular complexity index is 451. The summed E-state index contributed by atoms with van der Waals surface area (Å²) in [5, 5.41) is 3.93. The van der Waals surface area contributed by atoms with Crippen molar-refractivity contribution in [1.29, 1.82) is 0 Å². The van der Waals surface area contributed by atoms with E-state index in [-0.39, 0.29) is 11.8 Å². The maximum atomic E-state index is 11.8. The van der Waals surface area contributed by atoms with Crippen LogP contribution in [0.3, 0.4) is 0 Å². The van der Waals surface area contributed by atoms with E-state index in [0.717, 1.165) is 12.2 Å². The second kappa shape index (κ2) is 6.55. The monoisotopic (exact) mass is 262 g/mol. The summed E-state index contributed by atoms with van der Waals surface area (Å²) in [6, 6.07) is 3.70. The summed E-state index contributed by atoms with van der Waals surface area (Å²) in [7, 11) is 0. The molecule has 0 radical (unpaired) electrons. The van der Waals surface area contributed by atoms with Crippen LogP contribution >= 0.6 is 0 Å². The quantitative estimate of drug-likeness (QED) is 0.466. The summed E-state index contributed by atoms with van der Waals surface area (Å²) in [6.45, 7) is 4.07. The first kappa shape index (κ1) is 13.8. The maximum absolute atomic E-state index is 11.8. The van der Waals surface area contributed by atoms with Crippen LogP contribution in [0.15, 0.2) is 21.7 Å². The van der Waals surface area contributed by atoms with Gasteiger partial charge >= 0.3 is 0 Å². The predicted molar refractivity (Wildman–Crippen MR) is 74.9 cm³/mol. The lowest BCUT2D eigenvalue weighted by Crippen LogP contribution is -2.20. The van der Waals surface area contributed by atoms with Crippen molar-refractivity contribution in [1.82, 2.24) is 5.43 Å². The molecule has 0 aromatic carbocycles. The molecule has 1 heterocycles. The lowest BCUT2D eigenvalue weighted by Gasteiger charge is -1.99. The highest BCUT2D eigenvalue weighted by molar-refractivity contribution is 5.83. The number of carbonyl (C=O) groups excluding carboxylic acids is 1. The standard InChI is InChI=1S/C15H22N2O2/c1-3-4-5-6-12-9-14(12)15(18)17-16-10-13-8-7-11(2)19-13/h7-8,10,12,14H,3-6,9H2,1-2H3,(H,17,18). The number of unbranched alkanes of at least 4 members (excludes halogenated alkanes) is 2. The van der Waals surface area contributed by atoms with Gasteiger partial charge in [-0.15, -0.1) is 0 Å². The van der Waals surface area contributed by atoms with Gasteiger partial charge in [0, 0.05) is 5.92 Å². The number of aryl methyl sites for hydroxylation is 1. The molecule has 1 aliphatic rings. The van der Waals surface area contributed by atoms with Gasteiger partial charge in [-0.2, -0.15) is 5.10 Å². The number of furan rings is 1. The van der Waals surface area contributed by atoms with Crippen LogP contribution in [0.1, 0.15) is 50.5 Å². The van der Waals surface area contributed by atoms with E-state index >= 15 is 0 Å². The molecule has 0 spiro atoms. The summed E-state index contributed by atoms with van der Waals surface area (Å²) >= 11 is 0. The number of rotatable bonds is 7. The molecule has 1 amide bonds. The second-order valence-corrected chi connectivity index (χ2v) is 5.28. The first-order valence-electron chi connectivity index (χ1n) is 7.10. The molecule has 0 aliphatic heterocycles. The van der Waals surface area contributed by atoms with Gasteiger partial charge in [-0.05, 0) is 37.8 Å². The van der Waals surface area contributed by atoms with Crippen LogP contribution in [0.2, 0.25) is 0 Å². The van der Waals surface area contributed by atoms with Crippen molar-refractivity contribution < 1.29 is 9.21 Å². The summed E-state index contributed by atoms with van der Waals surface area (Å²) < 4.78 is 5.33. The van der Waals surface area contributed by atoms with Crippen LogP contribution < -0.4 is 5.43 Å². The Balaban J connectivity index is 1.67. The van der Waals surface area contributed by atoms with Gasteiger partial charge in [0.1, 0.15) is 11.5 Å². The van der Waals surface area contributed by atoms with Crippen LogP contribution in [-0.4, -0.2) is 12.1 Å². The van der Waals surface area contributed by atoms with Gasteiger partial charge in [-0.3, -0.25) is 4.79 Å². The molecule has 0 saturated heterocycles. The van der Waals surface area contributed by atoms with Crippen molar-refractivity contribution in [3.05, 3.63) is 23.7 Å². The van der Waals surface area contributed by atoms with Gasteiger partial charge in [0.15, 0.2) is 0 Å². The fourth-order valence-electron chi connectivity index (χ4n) is 2.31. The molecule has 2 atom stereocenters. The Morgan fingerprint density at radius 3 is 3.05 bits per heavy atom. The SMILES string of the molecule is CCCCCC1CC1C(=O)NN=Cc1ccc(C)o1. The predicted octanol–water partition coefficient (Wildman–Crippen LogP) is 3.25. The molecule has 1 fully saturated rings. The average molecular weight is 262 g/mol. The molecule has 4 heteroatoms. The van der Waals surface area contributed by atoms with Crippen molar-refractivity contribution in [2.75, 3.05) is 0 Å². The van der Waals surface area contributed by atoms with E-state index < -0.39 is 0 Å². The fourth-order valence-corrected chi connectivity index (χ4v) is 2.31. The summed E-state index contributed by atoms with van der Waals surface area (Å²) in [6.07, 6.45) is 7.47. The number of hydrogen-bond acceptors (Lipinski definition) is 3. The Hall–Kier alpha value is -1.58. The summed E-state index contributed by atoms with van der Waals surface area (Å²) in [5.74, 6) is 2.29.